The number of nitrogens with zero attached hydrogens (tertiary/aromatic N) is 2. The molecule has 0 unspecified atom stereocenters. The van der Waals surface area contributed by atoms with Crippen molar-refractivity contribution >= 4 is 35.5 Å². The van der Waals surface area contributed by atoms with E-state index in [2.05, 4.69) is 46.9 Å². The summed E-state index contributed by atoms with van der Waals surface area (Å²) in [5, 5.41) is 10.9. The Hall–Kier alpha value is -3.91. The molecule has 47 heavy (non-hydrogen) atoms. The lowest BCUT2D eigenvalue weighted by Crippen LogP contribution is -2.54. The number of benzene rings is 1. The molecule has 0 aliphatic heterocycles. The molecule has 0 saturated carbocycles. The maximum Gasteiger partial charge on any atom is 0.409 e. The minimum atomic E-state index is -0.951. The molecule has 0 aromatic heterocycles. The van der Waals surface area contributed by atoms with E-state index in [1.807, 2.05) is 20.9 Å². The van der Waals surface area contributed by atoms with E-state index < -0.39 is 36.0 Å². The van der Waals surface area contributed by atoms with Crippen LogP contribution in [0, 0.1) is 5.92 Å². The Morgan fingerprint density at radius 1 is 0.894 bits per heavy atom. The smallest absolute Gasteiger partial charge is 0.409 e. The number of carbonyl (C=O) groups is 5. The second-order valence-corrected chi connectivity index (χ2v) is 13.1. The molecule has 0 bridgehead atoms. The number of unbranched alkanes of at least 4 members (excludes halogenated alkanes) is 2. The van der Waals surface area contributed by atoms with Gasteiger partial charge in [0.1, 0.15) is 18.7 Å². The number of urea groups is 1. The van der Waals surface area contributed by atoms with E-state index in [1.54, 1.807) is 31.3 Å². The van der Waals surface area contributed by atoms with Crippen LogP contribution in [-0.2, 0) is 25.7 Å². The maximum absolute atomic E-state index is 13.3. The lowest BCUT2D eigenvalue weighted by Gasteiger charge is -2.33. The molecule has 6 amide bonds. The highest BCUT2D eigenvalue weighted by atomic mass is 16.6. The molecule has 0 spiro atoms. The van der Waals surface area contributed by atoms with E-state index >= 15 is 0 Å². The first-order valence-electron chi connectivity index (χ1n) is 16.4. The third-order valence-corrected chi connectivity index (χ3v) is 7.79. The number of primary amides is 1. The molecule has 14 heteroatoms. The van der Waals surface area contributed by atoms with Crippen LogP contribution < -0.4 is 32.7 Å². The summed E-state index contributed by atoms with van der Waals surface area (Å²) < 4.78 is 5.44. The Balaban J connectivity index is 2.82. The second-order valence-electron chi connectivity index (χ2n) is 13.1. The molecule has 0 saturated heterocycles. The molecule has 2 atom stereocenters. The van der Waals surface area contributed by atoms with Crippen molar-refractivity contribution in [2.24, 2.45) is 17.4 Å². The fourth-order valence-electron chi connectivity index (χ4n) is 4.33. The Bertz CT molecular complexity index is 1140. The molecule has 266 valence electrons. The zero-order valence-electron chi connectivity index (χ0n) is 29.3. The number of ether oxygens (including phenoxy) is 1. The van der Waals surface area contributed by atoms with Crippen LogP contribution >= 0.6 is 0 Å². The number of hydrogen-bond acceptors (Lipinski definition) is 8. The molecule has 0 radical (unpaired) electrons. The van der Waals surface area contributed by atoms with Crippen molar-refractivity contribution in [1.82, 2.24) is 25.8 Å². The summed E-state index contributed by atoms with van der Waals surface area (Å²) >= 11 is 0. The molecule has 14 nitrogen and oxygen atoms in total. The Kier molecular flexibility index (Phi) is 18.4. The van der Waals surface area contributed by atoms with Crippen LogP contribution in [0.5, 0.6) is 0 Å². The average molecular weight is 663 g/mol. The quantitative estimate of drug-likeness (QED) is 0.114. The predicted octanol–water partition coefficient (Wildman–Crippen LogP) is 2.52. The monoisotopic (exact) mass is 662 g/mol. The van der Waals surface area contributed by atoms with Crippen LogP contribution in [0.3, 0.4) is 0 Å². The number of anilines is 1. The highest BCUT2D eigenvalue weighted by Gasteiger charge is 2.29. The van der Waals surface area contributed by atoms with E-state index in [-0.39, 0.29) is 43.4 Å². The third-order valence-electron chi connectivity index (χ3n) is 7.79. The number of amides is 6. The average Bonchev–Trinajstić information content (AvgIpc) is 3.00. The zero-order valence-corrected chi connectivity index (χ0v) is 29.3. The number of likely N-dealkylation sites (N-methyl/N-ethyl adjacent to an activating group) is 2. The third kappa shape index (κ3) is 17.0. The van der Waals surface area contributed by atoms with Gasteiger partial charge in [0.25, 0.3) is 0 Å². The van der Waals surface area contributed by atoms with Crippen LogP contribution in [0.1, 0.15) is 78.7 Å². The van der Waals surface area contributed by atoms with Crippen LogP contribution in [0.4, 0.5) is 15.3 Å². The molecule has 1 aromatic carbocycles. The molecule has 0 aliphatic carbocycles. The lowest BCUT2D eigenvalue weighted by molar-refractivity contribution is -0.132. The molecular formula is C33H58N8O6. The molecule has 0 fully saturated rings. The van der Waals surface area contributed by atoms with Crippen molar-refractivity contribution in [3.63, 3.8) is 0 Å². The Morgan fingerprint density at radius 3 is 2.13 bits per heavy atom. The fourth-order valence-corrected chi connectivity index (χ4v) is 4.33. The normalized spacial score (nSPS) is 12.6. The number of nitrogens with one attached hydrogen (secondary N) is 4. The lowest BCUT2D eigenvalue weighted by atomic mass is 10.0. The summed E-state index contributed by atoms with van der Waals surface area (Å²) in [5.74, 6) is -1.41. The molecule has 1 aromatic rings. The minimum absolute atomic E-state index is 0.00590. The van der Waals surface area contributed by atoms with E-state index in [0.717, 1.165) is 18.4 Å². The van der Waals surface area contributed by atoms with Gasteiger partial charge in [0, 0.05) is 44.3 Å². The van der Waals surface area contributed by atoms with Gasteiger partial charge in [-0.25, -0.2) is 9.59 Å². The van der Waals surface area contributed by atoms with Gasteiger partial charge in [0.2, 0.25) is 17.7 Å². The van der Waals surface area contributed by atoms with Gasteiger partial charge in [-0.1, -0.05) is 32.4 Å². The molecular weight excluding hydrogens is 604 g/mol. The Labute approximate surface area is 280 Å². The van der Waals surface area contributed by atoms with Crippen molar-refractivity contribution in [2.45, 2.75) is 97.4 Å². The summed E-state index contributed by atoms with van der Waals surface area (Å²) in [4.78, 5) is 66.4. The fraction of sp³-hybridized carbons (Fsp3) is 0.667. The summed E-state index contributed by atoms with van der Waals surface area (Å²) in [6.45, 7) is 12.0. The van der Waals surface area contributed by atoms with Crippen LogP contribution in [0.25, 0.3) is 0 Å². The van der Waals surface area contributed by atoms with Gasteiger partial charge in [-0.3, -0.25) is 19.3 Å². The van der Waals surface area contributed by atoms with Gasteiger partial charge in [0.05, 0.1) is 0 Å². The summed E-state index contributed by atoms with van der Waals surface area (Å²) in [5.41, 5.74) is 11.9. The molecule has 1 rings (SSSR count). The van der Waals surface area contributed by atoms with Crippen LogP contribution in [0.2, 0.25) is 0 Å². The van der Waals surface area contributed by atoms with E-state index in [1.165, 1.54) is 4.90 Å². The van der Waals surface area contributed by atoms with Crippen molar-refractivity contribution in [3.8, 4) is 0 Å². The number of rotatable bonds is 20. The van der Waals surface area contributed by atoms with Crippen molar-refractivity contribution < 1.29 is 28.7 Å². The highest BCUT2D eigenvalue weighted by molar-refractivity contribution is 5.98. The SMILES string of the molecule is CC(C)[C@H](NC(=O)CCCCCN)C(=O)N[C@@H](CCCNC(N)=O)C(=O)Nc1ccc(COC(=O)N(C)CCN(C)C(C)(C)C)cc1. The van der Waals surface area contributed by atoms with Crippen molar-refractivity contribution in [2.75, 3.05) is 45.6 Å². The molecule has 0 aliphatic rings. The van der Waals surface area contributed by atoms with Crippen molar-refractivity contribution in [1.29, 1.82) is 0 Å². The first-order valence-corrected chi connectivity index (χ1v) is 16.4. The van der Waals surface area contributed by atoms with Gasteiger partial charge in [-0.05, 0) is 83.7 Å². The van der Waals surface area contributed by atoms with Crippen LogP contribution in [0.15, 0.2) is 24.3 Å². The van der Waals surface area contributed by atoms with Gasteiger partial charge in [-0.2, -0.15) is 0 Å². The molecule has 0 heterocycles. The first-order chi connectivity index (χ1) is 22.0. The van der Waals surface area contributed by atoms with Gasteiger partial charge >= 0.3 is 12.1 Å². The van der Waals surface area contributed by atoms with E-state index in [4.69, 9.17) is 16.2 Å². The zero-order chi connectivity index (χ0) is 35.6. The van der Waals surface area contributed by atoms with Gasteiger partial charge in [-0.15, -0.1) is 0 Å². The number of nitrogens with two attached hydrogens (primary N) is 2. The topological polar surface area (TPSA) is 201 Å². The largest absolute Gasteiger partial charge is 0.445 e. The van der Waals surface area contributed by atoms with E-state index in [9.17, 15) is 24.0 Å². The summed E-state index contributed by atoms with van der Waals surface area (Å²) in [6.07, 6.45) is 2.74. The van der Waals surface area contributed by atoms with E-state index in [0.29, 0.717) is 38.2 Å². The highest BCUT2D eigenvalue weighted by Crippen LogP contribution is 2.14. The van der Waals surface area contributed by atoms with Gasteiger partial charge in [0.15, 0.2) is 0 Å². The summed E-state index contributed by atoms with van der Waals surface area (Å²) in [6, 6.07) is 4.35. The van der Waals surface area contributed by atoms with Crippen LogP contribution in [-0.4, -0.2) is 97.5 Å². The van der Waals surface area contributed by atoms with Crippen molar-refractivity contribution in [3.05, 3.63) is 29.8 Å². The number of carbonyl (C=O) groups excluding carboxylic acids is 5. The first kappa shape index (κ1) is 41.1. The molecule has 8 N–H and O–H groups in total. The predicted molar refractivity (Wildman–Crippen MR) is 183 cm³/mol. The number of hydrogen-bond donors (Lipinski definition) is 6. The second kappa shape index (κ2) is 21.1. The maximum atomic E-state index is 13.3. The minimum Gasteiger partial charge on any atom is -0.445 e. The standard InChI is InChI=1S/C33H58N8O6/c1-23(2)28(39-27(42)13-9-8-10-18-34)30(44)38-26(12-11-19-36-31(35)45)29(43)37-25-16-14-24(15-17-25)22-47-32(46)40(6)20-21-41(7)33(3,4)5/h14-17,23,26,28H,8-13,18-22,34H2,1-7H3,(H,37,43)(H,38,44)(H,39,42)(H3,35,36,45)/t26-,28-/m0/s1. The Morgan fingerprint density at radius 2 is 1.55 bits per heavy atom. The van der Waals surface area contributed by atoms with Gasteiger partial charge < -0.3 is 42.4 Å². The summed E-state index contributed by atoms with van der Waals surface area (Å²) in [7, 11) is 3.70.